The summed E-state index contributed by atoms with van der Waals surface area (Å²) >= 11 is 0. The third-order valence-corrected chi connectivity index (χ3v) is 3.81. The molecule has 3 N–H and O–H groups in total. The molecular weight excluding hydrogens is 258 g/mol. The van der Waals surface area contributed by atoms with E-state index in [4.69, 9.17) is 5.84 Å². The number of nitrogens with one attached hydrogen (secondary N) is 1. The van der Waals surface area contributed by atoms with Crippen molar-refractivity contribution < 1.29 is 4.92 Å². The van der Waals surface area contributed by atoms with Crippen LogP contribution in [0.5, 0.6) is 0 Å². The third-order valence-electron chi connectivity index (χ3n) is 3.81. The molecule has 0 aromatic carbocycles. The van der Waals surface area contributed by atoms with Gasteiger partial charge in [-0.3, -0.25) is 10.1 Å². The molecule has 20 heavy (non-hydrogen) atoms. The highest BCUT2D eigenvalue weighted by Crippen LogP contribution is 2.31. The lowest BCUT2D eigenvalue weighted by Crippen LogP contribution is -2.34. The van der Waals surface area contributed by atoms with Crippen LogP contribution in [0.15, 0.2) is 12.1 Å². The highest BCUT2D eigenvalue weighted by molar-refractivity contribution is 5.61. The number of hydrazine groups is 1. The zero-order valence-corrected chi connectivity index (χ0v) is 11.7. The van der Waals surface area contributed by atoms with Gasteiger partial charge in [-0.05, 0) is 24.8 Å². The van der Waals surface area contributed by atoms with Crippen LogP contribution in [0.4, 0.5) is 17.3 Å². The Labute approximate surface area is 118 Å². The lowest BCUT2D eigenvalue weighted by Gasteiger charge is -2.32. The molecule has 1 saturated heterocycles. The first-order valence-corrected chi connectivity index (χ1v) is 7.02. The smallest absolute Gasteiger partial charge is 0.311 e. The highest BCUT2D eigenvalue weighted by atomic mass is 16.6. The second-order valence-corrected chi connectivity index (χ2v) is 5.16. The van der Waals surface area contributed by atoms with E-state index in [1.807, 2.05) is 4.90 Å². The fourth-order valence-corrected chi connectivity index (χ4v) is 2.74. The predicted octanol–water partition coefficient (Wildman–Crippen LogP) is 2.29. The summed E-state index contributed by atoms with van der Waals surface area (Å²) in [7, 11) is 0. The summed E-state index contributed by atoms with van der Waals surface area (Å²) in [6, 6.07) is 2.97. The predicted molar refractivity (Wildman–Crippen MR) is 78.5 cm³/mol. The van der Waals surface area contributed by atoms with E-state index >= 15 is 0 Å². The summed E-state index contributed by atoms with van der Waals surface area (Å²) in [5.41, 5.74) is 2.48. The van der Waals surface area contributed by atoms with Gasteiger partial charge in [0, 0.05) is 19.2 Å². The van der Waals surface area contributed by atoms with Gasteiger partial charge in [0.25, 0.3) is 0 Å². The first-order chi connectivity index (χ1) is 9.65. The molecule has 2 rings (SSSR count). The van der Waals surface area contributed by atoms with Crippen molar-refractivity contribution in [2.75, 3.05) is 23.4 Å². The minimum absolute atomic E-state index is 0.0398. The van der Waals surface area contributed by atoms with Gasteiger partial charge in [0.15, 0.2) is 0 Å². The molecule has 0 unspecified atom stereocenters. The van der Waals surface area contributed by atoms with Gasteiger partial charge in [0.2, 0.25) is 5.82 Å². The Bertz CT molecular complexity index is 472. The van der Waals surface area contributed by atoms with Crippen molar-refractivity contribution in [1.82, 2.24) is 4.98 Å². The van der Waals surface area contributed by atoms with Gasteiger partial charge in [-0.1, -0.05) is 19.8 Å². The Kier molecular flexibility index (Phi) is 4.73. The van der Waals surface area contributed by atoms with Gasteiger partial charge in [-0.15, -0.1) is 0 Å². The highest BCUT2D eigenvalue weighted by Gasteiger charge is 2.26. The summed E-state index contributed by atoms with van der Waals surface area (Å²) in [5.74, 6) is 6.93. The van der Waals surface area contributed by atoms with E-state index in [1.165, 1.54) is 25.0 Å². The van der Waals surface area contributed by atoms with E-state index in [0.29, 0.717) is 11.6 Å². The van der Waals surface area contributed by atoms with E-state index < -0.39 is 0 Å². The van der Waals surface area contributed by atoms with Crippen molar-refractivity contribution in [3.8, 4) is 0 Å². The standard InChI is InChI=1S/C13H21N5O2/c1-2-3-10-6-8-17(9-7-10)13-11(18(19)20)4-5-12(15-13)16-14/h4-5,10H,2-3,6-9,14H2,1H3,(H,15,16). The number of nitrogen functional groups attached to an aromatic ring is 1. The van der Waals surface area contributed by atoms with Crippen LogP contribution in [0, 0.1) is 16.0 Å². The molecule has 0 bridgehead atoms. The molecule has 1 aromatic rings. The molecule has 0 aliphatic carbocycles. The zero-order valence-electron chi connectivity index (χ0n) is 11.7. The molecule has 1 aromatic heterocycles. The maximum absolute atomic E-state index is 11.1. The molecule has 7 nitrogen and oxygen atoms in total. The largest absolute Gasteiger partial charge is 0.351 e. The molecule has 2 heterocycles. The molecule has 0 spiro atoms. The van der Waals surface area contributed by atoms with Crippen LogP contribution in [0.1, 0.15) is 32.6 Å². The van der Waals surface area contributed by atoms with Gasteiger partial charge >= 0.3 is 5.69 Å². The van der Waals surface area contributed by atoms with Gasteiger partial charge < -0.3 is 10.3 Å². The summed E-state index contributed by atoms with van der Waals surface area (Å²) in [4.78, 5) is 17.0. The van der Waals surface area contributed by atoms with E-state index in [0.717, 1.165) is 31.8 Å². The molecule has 0 amide bonds. The first kappa shape index (κ1) is 14.5. The van der Waals surface area contributed by atoms with Gasteiger partial charge in [0.1, 0.15) is 5.82 Å². The summed E-state index contributed by atoms with van der Waals surface area (Å²) in [5, 5.41) is 11.1. The van der Waals surface area contributed by atoms with Gasteiger partial charge in [-0.25, -0.2) is 10.8 Å². The van der Waals surface area contributed by atoms with Gasteiger partial charge in [0.05, 0.1) is 4.92 Å². The minimum atomic E-state index is -0.388. The number of hydrogen-bond acceptors (Lipinski definition) is 6. The second kappa shape index (κ2) is 6.51. The van der Waals surface area contributed by atoms with E-state index in [-0.39, 0.29) is 10.6 Å². The number of aromatic nitrogens is 1. The number of anilines is 2. The Morgan fingerprint density at radius 2 is 2.20 bits per heavy atom. The molecule has 110 valence electrons. The van der Waals surface area contributed by atoms with Gasteiger partial charge in [-0.2, -0.15) is 0 Å². The molecular formula is C13H21N5O2. The Hall–Kier alpha value is -1.89. The number of rotatable bonds is 5. The van der Waals surface area contributed by atoms with Crippen molar-refractivity contribution in [2.24, 2.45) is 11.8 Å². The number of hydrogen-bond donors (Lipinski definition) is 2. The Morgan fingerprint density at radius 1 is 1.50 bits per heavy atom. The van der Waals surface area contributed by atoms with E-state index in [9.17, 15) is 10.1 Å². The van der Waals surface area contributed by atoms with Crippen LogP contribution in [0.3, 0.4) is 0 Å². The van der Waals surface area contributed by atoms with Crippen LogP contribution in [-0.4, -0.2) is 23.0 Å². The van der Waals surface area contributed by atoms with Crippen LogP contribution >= 0.6 is 0 Å². The lowest BCUT2D eigenvalue weighted by atomic mass is 9.92. The molecule has 1 fully saturated rings. The monoisotopic (exact) mass is 279 g/mol. The molecule has 1 aliphatic heterocycles. The van der Waals surface area contributed by atoms with Crippen molar-refractivity contribution in [3.63, 3.8) is 0 Å². The van der Waals surface area contributed by atoms with Crippen LogP contribution in [-0.2, 0) is 0 Å². The summed E-state index contributed by atoms with van der Waals surface area (Å²) in [6.07, 6.45) is 4.54. The lowest BCUT2D eigenvalue weighted by molar-refractivity contribution is -0.384. The maximum atomic E-state index is 11.1. The normalized spacial score (nSPS) is 16.2. The number of nitrogens with two attached hydrogens (primary N) is 1. The first-order valence-electron chi connectivity index (χ1n) is 7.02. The van der Waals surface area contributed by atoms with Crippen molar-refractivity contribution in [2.45, 2.75) is 32.6 Å². The molecule has 7 heteroatoms. The van der Waals surface area contributed by atoms with Crippen molar-refractivity contribution in [3.05, 3.63) is 22.2 Å². The zero-order chi connectivity index (χ0) is 14.5. The maximum Gasteiger partial charge on any atom is 0.311 e. The van der Waals surface area contributed by atoms with Crippen LogP contribution in [0.2, 0.25) is 0 Å². The SMILES string of the molecule is CCCC1CCN(c2nc(NN)ccc2[N+](=O)[O-])CC1. The molecule has 0 atom stereocenters. The van der Waals surface area contributed by atoms with Crippen LogP contribution < -0.4 is 16.2 Å². The number of piperidine rings is 1. The Balaban J connectivity index is 2.17. The molecule has 0 radical (unpaired) electrons. The second-order valence-electron chi connectivity index (χ2n) is 5.16. The number of pyridine rings is 1. The Morgan fingerprint density at radius 3 is 2.75 bits per heavy atom. The summed E-state index contributed by atoms with van der Waals surface area (Å²) < 4.78 is 0. The van der Waals surface area contributed by atoms with E-state index in [1.54, 1.807) is 0 Å². The quantitative estimate of drug-likeness (QED) is 0.487. The topological polar surface area (TPSA) is 97.3 Å². The van der Waals surface area contributed by atoms with Crippen molar-refractivity contribution >= 4 is 17.3 Å². The van der Waals surface area contributed by atoms with Crippen LogP contribution in [0.25, 0.3) is 0 Å². The van der Waals surface area contributed by atoms with E-state index in [2.05, 4.69) is 17.3 Å². The average molecular weight is 279 g/mol. The fraction of sp³-hybridized carbons (Fsp3) is 0.615. The molecule has 1 aliphatic rings. The van der Waals surface area contributed by atoms with Crippen molar-refractivity contribution in [1.29, 1.82) is 0 Å². The average Bonchev–Trinajstić information content (AvgIpc) is 2.47. The fourth-order valence-electron chi connectivity index (χ4n) is 2.74. The molecule has 0 saturated carbocycles. The number of nitrogens with zero attached hydrogens (tertiary/aromatic N) is 3. The summed E-state index contributed by atoms with van der Waals surface area (Å²) in [6.45, 7) is 3.81. The number of nitro groups is 1. The third kappa shape index (κ3) is 3.16. The minimum Gasteiger partial charge on any atom is -0.351 e.